The molecule has 0 saturated heterocycles. The Morgan fingerprint density at radius 1 is 1.55 bits per heavy atom. The molecule has 0 aliphatic rings. The van der Waals surface area contributed by atoms with Crippen LogP contribution in [-0.4, -0.2) is 44.5 Å². The first-order chi connectivity index (χ1) is 9.53. The summed E-state index contributed by atoms with van der Waals surface area (Å²) in [5.41, 5.74) is 5.42. The Labute approximate surface area is 120 Å². The van der Waals surface area contributed by atoms with E-state index in [0.29, 0.717) is 19.7 Å². The van der Waals surface area contributed by atoms with E-state index in [0.717, 1.165) is 19.3 Å². The maximum Gasteiger partial charge on any atom is 0.244 e. The molecule has 0 aliphatic heterocycles. The Balaban J connectivity index is 2.73. The molecule has 7 nitrogen and oxygen atoms in total. The van der Waals surface area contributed by atoms with E-state index in [-0.39, 0.29) is 10.9 Å². The summed E-state index contributed by atoms with van der Waals surface area (Å²) >= 11 is 0. The lowest BCUT2D eigenvalue weighted by Crippen LogP contribution is -2.37. The molecule has 0 radical (unpaired) electrons. The average molecular weight is 304 g/mol. The predicted molar refractivity (Wildman–Crippen MR) is 76.8 cm³/mol. The highest BCUT2D eigenvalue weighted by molar-refractivity contribution is 7.89. The van der Waals surface area contributed by atoms with Gasteiger partial charge in [0.2, 0.25) is 10.0 Å². The van der Waals surface area contributed by atoms with Gasteiger partial charge in [-0.25, -0.2) is 13.1 Å². The molecule has 1 rings (SSSR count). The monoisotopic (exact) mass is 304 g/mol. The van der Waals surface area contributed by atoms with Crippen LogP contribution >= 0.6 is 0 Å². The van der Waals surface area contributed by atoms with Crippen molar-refractivity contribution in [2.24, 2.45) is 5.73 Å². The number of aryl methyl sites for hydroxylation is 1. The van der Waals surface area contributed by atoms with E-state index in [1.165, 1.54) is 12.4 Å². The van der Waals surface area contributed by atoms with Crippen LogP contribution in [0.3, 0.4) is 0 Å². The molecule has 0 fully saturated rings. The molecular formula is C12H24N4O3S. The van der Waals surface area contributed by atoms with Crippen LogP contribution in [0.5, 0.6) is 0 Å². The van der Waals surface area contributed by atoms with Crippen molar-refractivity contribution in [1.29, 1.82) is 0 Å². The van der Waals surface area contributed by atoms with Crippen LogP contribution in [0.25, 0.3) is 0 Å². The Hall–Kier alpha value is -0.960. The van der Waals surface area contributed by atoms with Gasteiger partial charge < -0.3 is 10.5 Å². The molecule has 1 aromatic heterocycles. The Morgan fingerprint density at radius 2 is 2.30 bits per heavy atom. The van der Waals surface area contributed by atoms with Gasteiger partial charge in [-0.15, -0.1) is 0 Å². The van der Waals surface area contributed by atoms with Crippen LogP contribution in [-0.2, 0) is 21.3 Å². The molecule has 1 heterocycles. The summed E-state index contributed by atoms with van der Waals surface area (Å²) in [6.07, 6.45) is 5.25. The summed E-state index contributed by atoms with van der Waals surface area (Å²) in [4.78, 5) is 0.173. The zero-order valence-corrected chi connectivity index (χ0v) is 12.9. The van der Waals surface area contributed by atoms with Gasteiger partial charge in [0.05, 0.1) is 12.8 Å². The maximum atomic E-state index is 12.2. The predicted octanol–water partition coefficient (Wildman–Crippen LogP) is 0.325. The largest absolute Gasteiger partial charge is 0.383 e. The third-order valence-corrected chi connectivity index (χ3v) is 4.31. The fourth-order valence-electron chi connectivity index (χ4n) is 1.87. The van der Waals surface area contributed by atoms with Gasteiger partial charge in [0, 0.05) is 25.9 Å². The first-order valence-electron chi connectivity index (χ1n) is 6.77. The smallest absolute Gasteiger partial charge is 0.244 e. The SMILES string of the molecule is CCCC(COC)NS(=O)(=O)c1cnn(CCCN)c1. The highest BCUT2D eigenvalue weighted by atomic mass is 32.2. The minimum Gasteiger partial charge on any atom is -0.383 e. The number of nitrogens with one attached hydrogen (secondary N) is 1. The number of hydrogen-bond acceptors (Lipinski definition) is 5. The van der Waals surface area contributed by atoms with E-state index in [2.05, 4.69) is 9.82 Å². The number of aromatic nitrogens is 2. The molecule has 0 aromatic carbocycles. The standard InChI is InChI=1S/C12H24N4O3S/c1-3-5-11(10-19-2)15-20(17,18)12-8-14-16(9-12)7-4-6-13/h8-9,11,15H,3-7,10,13H2,1-2H3. The van der Waals surface area contributed by atoms with Crippen molar-refractivity contribution < 1.29 is 13.2 Å². The van der Waals surface area contributed by atoms with Crippen molar-refractivity contribution in [3.8, 4) is 0 Å². The number of nitrogens with zero attached hydrogens (tertiary/aromatic N) is 2. The topological polar surface area (TPSA) is 99.2 Å². The van der Waals surface area contributed by atoms with Crippen molar-refractivity contribution in [2.75, 3.05) is 20.3 Å². The third-order valence-electron chi connectivity index (χ3n) is 2.84. The quantitative estimate of drug-likeness (QED) is 0.649. The first kappa shape index (κ1) is 17.1. The molecule has 20 heavy (non-hydrogen) atoms. The second-order valence-electron chi connectivity index (χ2n) is 4.64. The van der Waals surface area contributed by atoms with Crippen molar-refractivity contribution in [2.45, 2.75) is 43.7 Å². The van der Waals surface area contributed by atoms with Gasteiger partial charge in [0.15, 0.2) is 0 Å². The van der Waals surface area contributed by atoms with Gasteiger partial charge in [-0.05, 0) is 19.4 Å². The van der Waals surface area contributed by atoms with Crippen LogP contribution < -0.4 is 10.5 Å². The van der Waals surface area contributed by atoms with Gasteiger partial charge in [0.1, 0.15) is 4.90 Å². The third kappa shape index (κ3) is 5.20. The van der Waals surface area contributed by atoms with Crippen molar-refractivity contribution in [1.82, 2.24) is 14.5 Å². The van der Waals surface area contributed by atoms with E-state index in [4.69, 9.17) is 10.5 Å². The molecule has 0 amide bonds. The molecule has 1 atom stereocenters. The number of ether oxygens (including phenoxy) is 1. The lowest BCUT2D eigenvalue weighted by atomic mass is 10.2. The van der Waals surface area contributed by atoms with Crippen molar-refractivity contribution >= 4 is 10.0 Å². The molecule has 1 unspecified atom stereocenters. The zero-order chi connectivity index (χ0) is 15.0. The van der Waals surface area contributed by atoms with Gasteiger partial charge in [-0.3, -0.25) is 4.68 Å². The summed E-state index contributed by atoms with van der Waals surface area (Å²) in [5.74, 6) is 0. The van der Waals surface area contributed by atoms with Crippen LogP contribution in [0.1, 0.15) is 26.2 Å². The van der Waals surface area contributed by atoms with Gasteiger partial charge >= 0.3 is 0 Å². The molecule has 0 saturated carbocycles. The minimum absolute atomic E-state index is 0.173. The van der Waals surface area contributed by atoms with Crippen LogP contribution in [0.4, 0.5) is 0 Å². The number of hydrogen-bond donors (Lipinski definition) is 2. The van der Waals surface area contributed by atoms with Gasteiger partial charge in [-0.1, -0.05) is 13.3 Å². The number of nitrogens with two attached hydrogens (primary N) is 1. The Kier molecular flexibility index (Phi) is 7.14. The lowest BCUT2D eigenvalue weighted by molar-refractivity contribution is 0.171. The van der Waals surface area contributed by atoms with E-state index >= 15 is 0 Å². The summed E-state index contributed by atoms with van der Waals surface area (Å²) in [6, 6.07) is -0.220. The molecule has 0 bridgehead atoms. The minimum atomic E-state index is -3.55. The first-order valence-corrected chi connectivity index (χ1v) is 8.25. The van der Waals surface area contributed by atoms with Crippen molar-refractivity contribution in [3.05, 3.63) is 12.4 Å². The van der Waals surface area contributed by atoms with Gasteiger partial charge in [0.25, 0.3) is 0 Å². The summed E-state index contributed by atoms with van der Waals surface area (Å²) in [5, 5.41) is 4.03. The summed E-state index contributed by atoms with van der Waals surface area (Å²) in [7, 11) is -2.00. The molecular weight excluding hydrogens is 280 g/mol. The number of methoxy groups -OCH3 is 1. The Bertz CT molecular complexity index is 481. The lowest BCUT2D eigenvalue weighted by Gasteiger charge is -2.16. The fraction of sp³-hybridized carbons (Fsp3) is 0.750. The number of sulfonamides is 1. The number of rotatable bonds is 10. The average Bonchev–Trinajstić information content (AvgIpc) is 2.86. The van der Waals surface area contributed by atoms with E-state index in [1.54, 1.807) is 11.8 Å². The van der Waals surface area contributed by atoms with Crippen LogP contribution in [0.15, 0.2) is 17.3 Å². The molecule has 1 aromatic rings. The highest BCUT2D eigenvalue weighted by Crippen LogP contribution is 2.10. The van der Waals surface area contributed by atoms with Crippen LogP contribution in [0.2, 0.25) is 0 Å². The molecule has 8 heteroatoms. The zero-order valence-electron chi connectivity index (χ0n) is 12.1. The second-order valence-corrected chi connectivity index (χ2v) is 6.36. The van der Waals surface area contributed by atoms with E-state index in [1.807, 2.05) is 6.92 Å². The maximum absolute atomic E-state index is 12.2. The summed E-state index contributed by atoms with van der Waals surface area (Å²) in [6.45, 7) is 3.52. The fourth-order valence-corrected chi connectivity index (χ4v) is 3.08. The molecule has 0 spiro atoms. The van der Waals surface area contributed by atoms with E-state index < -0.39 is 10.0 Å². The van der Waals surface area contributed by atoms with Crippen LogP contribution in [0, 0.1) is 0 Å². The van der Waals surface area contributed by atoms with E-state index in [9.17, 15) is 8.42 Å². The van der Waals surface area contributed by atoms with Gasteiger partial charge in [-0.2, -0.15) is 5.10 Å². The molecule has 0 aliphatic carbocycles. The summed E-state index contributed by atoms with van der Waals surface area (Å²) < 4.78 is 33.7. The van der Waals surface area contributed by atoms with Crippen molar-refractivity contribution in [3.63, 3.8) is 0 Å². The molecule has 116 valence electrons. The Morgan fingerprint density at radius 3 is 2.90 bits per heavy atom. The second kappa shape index (κ2) is 8.35. The highest BCUT2D eigenvalue weighted by Gasteiger charge is 2.21. The molecule has 3 N–H and O–H groups in total. The normalized spacial score (nSPS) is 13.6.